The van der Waals surface area contributed by atoms with Crippen molar-refractivity contribution in [1.82, 2.24) is 5.32 Å². The van der Waals surface area contributed by atoms with Gasteiger partial charge < -0.3 is 10.4 Å². The Kier molecular flexibility index (Phi) is 3.59. The summed E-state index contributed by atoms with van der Waals surface area (Å²) >= 11 is 0. The summed E-state index contributed by atoms with van der Waals surface area (Å²) in [4.78, 5) is 10.6. The summed E-state index contributed by atoms with van der Waals surface area (Å²) < 4.78 is 23.6. The fourth-order valence-electron chi connectivity index (χ4n) is 1.53. The summed E-state index contributed by atoms with van der Waals surface area (Å²) in [7, 11) is 0. The molecule has 0 heterocycles. The van der Waals surface area contributed by atoms with Crippen molar-refractivity contribution in [2.24, 2.45) is 0 Å². The molecule has 0 saturated heterocycles. The Morgan fingerprint density at radius 1 is 1.38 bits per heavy atom. The molecule has 1 saturated carbocycles. The predicted octanol–water partition coefficient (Wildman–Crippen LogP) is 0.671. The Balaban J connectivity index is 2.38. The molecule has 1 aliphatic rings. The molecule has 0 aromatic rings. The first-order valence-corrected chi connectivity index (χ1v) is 4.38. The number of hydrogen-bond acceptors (Lipinski definition) is 2. The number of carbonyl (C=O) groups is 1. The minimum absolute atomic E-state index is 0.491. The van der Waals surface area contributed by atoms with Crippen molar-refractivity contribution >= 4 is 5.91 Å². The standard InChI is InChI=1S/C8H13F2NO2/c9-7(10)8(13)11-5-3-1-2-4-6(5)12/h5-7,12H,1-4H2,(H,11,13). The van der Waals surface area contributed by atoms with Crippen LogP contribution < -0.4 is 5.32 Å². The van der Waals surface area contributed by atoms with Gasteiger partial charge in [0, 0.05) is 0 Å². The number of halogens is 2. The molecule has 1 fully saturated rings. The van der Waals surface area contributed by atoms with Gasteiger partial charge in [0.2, 0.25) is 0 Å². The van der Waals surface area contributed by atoms with E-state index in [9.17, 15) is 18.7 Å². The van der Waals surface area contributed by atoms with Crippen molar-refractivity contribution in [3.63, 3.8) is 0 Å². The summed E-state index contributed by atoms with van der Waals surface area (Å²) in [5, 5.41) is 11.5. The van der Waals surface area contributed by atoms with Gasteiger partial charge in [0.15, 0.2) is 0 Å². The highest BCUT2D eigenvalue weighted by Gasteiger charge is 2.27. The summed E-state index contributed by atoms with van der Waals surface area (Å²) in [6.45, 7) is 0. The van der Waals surface area contributed by atoms with Gasteiger partial charge in [-0.2, -0.15) is 8.78 Å². The SMILES string of the molecule is O=C(NC1CCCCC1O)C(F)F. The average Bonchev–Trinajstić information content (AvgIpc) is 2.08. The van der Waals surface area contributed by atoms with Crippen LogP contribution >= 0.6 is 0 Å². The molecule has 0 aromatic carbocycles. The highest BCUT2D eigenvalue weighted by atomic mass is 19.3. The molecule has 0 aromatic heterocycles. The van der Waals surface area contributed by atoms with Gasteiger partial charge >= 0.3 is 6.43 Å². The molecule has 5 heteroatoms. The number of aliphatic hydroxyl groups is 1. The smallest absolute Gasteiger partial charge is 0.315 e. The summed E-state index contributed by atoms with van der Waals surface area (Å²) in [5.41, 5.74) is 0. The second-order valence-corrected chi connectivity index (χ2v) is 3.27. The van der Waals surface area contributed by atoms with E-state index >= 15 is 0 Å². The highest BCUT2D eigenvalue weighted by molar-refractivity contribution is 5.79. The second kappa shape index (κ2) is 4.50. The molecule has 2 unspecified atom stereocenters. The maximum absolute atomic E-state index is 11.8. The molecule has 2 atom stereocenters. The Bertz CT molecular complexity index is 187. The summed E-state index contributed by atoms with van der Waals surface area (Å²) in [6.07, 6.45) is -0.744. The molecule has 2 N–H and O–H groups in total. The fourth-order valence-corrected chi connectivity index (χ4v) is 1.53. The van der Waals surface area contributed by atoms with Crippen LogP contribution in [-0.4, -0.2) is 29.6 Å². The van der Waals surface area contributed by atoms with E-state index in [0.29, 0.717) is 12.8 Å². The largest absolute Gasteiger partial charge is 0.391 e. The molecule has 0 bridgehead atoms. The van der Waals surface area contributed by atoms with Crippen LogP contribution in [-0.2, 0) is 4.79 Å². The third-order valence-corrected chi connectivity index (χ3v) is 2.26. The predicted molar refractivity (Wildman–Crippen MR) is 42.4 cm³/mol. The van der Waals surface area contributed by atoms with Gasteiger partial charge in [-0.25, -0.2) is 0 Å². The molecule has 1 amide bonds. The highest BCUT2D eigenvalue weighted by Crippen LogP contribution is 2.18. The maximum Gasteiger partial charge on any atom is 0.315 e. The van der Waals surface area contributed by atoms with Crippen molar-refractivity contribution in [1.29, 1.82) is 0 Å². The summed E-state index contributed by atoms with van der Waals surface area (Å²) in [5.74, 6) is -1.29. The molecule has 0 aliphatic heterocycles. The Morgan fingerprint density at radius 2 is 2.00 bits per heavy atom. The van der Waals surface area contributed by atoms with Crippen LogP contribution in [0, 0.1) is 0 Å². The van der Waals surface area contributed by atoms with Crippen molar-refractivity contribution in [2.75, 3.05) is 0 Å². The van der Waals surface area contributed by atoms with Crippen LogP contribution in [0.4, 0.5) is 8.78 Å². The first-order chi connectivity index (χ1) is 6.11. The first kappa shape index (κ1) is 10.4. The van der Waals surface area contributed by atoms with Crippen LogP contribution in [0.15, 0.2) is 0 Å². The van der Waals surface area contributed by atoms with E-state index in [-0.39, 0.29) is 0 Å². The molecule has 1 aliphatic carbocycles. The number of hydrogen-bond donors (Lipinski definition) is 2. The Labute approximate surface area is 75.1 Å². The van der Waals surface area contributed by atoms with Crippen molar-refractivity contribution in [2.45, 2.75) is 44.3 Å². The van der Waals surface area contributed by atoms with Crippen LogP contribution in [0.5, 0.6) is 0 Å². The molecule has 3 nitrogen and oxygen atoms in total. The minimum Gasteiger partial charge on any atom is -0.391 e. The lowest BCUT2D eigenvalue weighted by atomic mass is 9.92. The van der Waals surface area contributed by atoms with E-state index in [1.54, 1.807) is 0 Å². The normalized spacial score (nSPS) is 28.9. The zero-order chi connectivity index (χ0) is 9.84. The van der Waals surface area contributed by atoms with Crippen LogP contribution in [0.2, 0.25) is 0 Å². The molecule has 0 radical (unpaired) electrons. The lowest BCUT2D eigenvalue weighted by Gasteiger charge is -2.28. The average molecular weight is 193 g/mol. The quantitative estimate of drug-likeness (QED) is 0.677. The molecule has 1 rings (SSSR count). The van der Waals surface area contributed by atoms with E-state index in [1.807, 2.05) is 0 Å². The van der Waals surface area contributed by atoms with Gasteiger partial charge in [-0.3, -0.25) is 4.79 Å². The maximum atomic E-state index is 11.8. The zero-order valence-corrected chi connectivity index (χ0v) is 7.17. The van der Waals surface area contributed by atoms with Gasteiger partial charge in [0.25, 0.3) is 5.91 Å². The van der Waals surface area contributed by atoms with E-state index in [4.69, 9.17) is 0 Å². The van der Waals surface area contributed by atoms with Crippen molar-refractivity contribution in [3.8, 4) is 0 Å². The topological polar surface area (TPSA) is 49.3 Å². The number of amides is 1. The van der Waals surface area contributed by atoms with Crippen molar-refractivity contribution in [3.05, 3.63) is 0 Å². The summed E-state index contributed by atoms with van der Waals surface area (Å²) in [6, 6.07) is -0.491. The molecule has 13 heavy (non-hydrogen) atoms. The van der Waals surface area contributed by atoms with Crippen molar-refractivity contribution < 1.29 is 18.7 Å². The molecule has 0 spiro atoms. The fraction of sp³-hybridized carbons (Fsp3) is 0.875. The van der Waals surface area contributed by atoms with Crippen LogP contribution in [0.25, 0.3) is 0 Å². The number of aliphatic hydroxyl groups excluding tert-OH is 1. The first-order valence-electron chi connectivity index (χ1n) is 4.38. The number of carbonyl (C=O) groups excluding carboxylic acids is 1. The lowest BCUT2D eigenvalue weighted by Crippen LogP contribution is -2.47. The van der Waals surface area contributed by atoms with E-state index < -0.39 is 24.5 Å². The Hall–Kier alpha value is -0.710. The second-order valence-electron chi connectivity index (χ2n) is 3.27. The number of rotatable bonds is 2. The number of alkyl halides is 2. The van der Waals surface area contributed by atoms with Gasteiger partial charge in [0.05, 0.1) is 12.1 Å². The van der Waals surface area contributed by atoms with Crippen LogP contribution in [0.1, 0.15) is 25.7 Å². The Morgan fingerprint density at radius 3 is 2.54 bits per heavy atom. The van der Waals surface area contributed by atoms with E-state index in [1.165, 1.54) is 0 Å². The third kappa shape index (κ3) is 2.91. The third-order valence-electron chi connectivity index (χ3n) is 2.26. The van der Waals surface area contributed by atoms with E-state index in [2.05, 4.69) is 5.32 Å². The van der Waals surface area contributed by atoms with Gasteiger partial charge in [-0.15, -0.1) is 0 Å². The van der Waals surface area contributed by atoms with Crippen LogP contribution in [0.3, 0.4) is 0 Å². The molecule has 76 valence electrons. The molecular formula is C8H13F2NO2. The van der Waals surface area contributed by atoms with Gasteiger partial charge in [-0.05, 0) is 12.8 Å². The monoisotopic (exact) mass is 193 g/mol. The minimum atomic E-state index is -2.99. The van der Waals surface area contributed by atoms with Gasteiger partial charge in [0.1, 0.15) is 0 Å². The van der Waals surface area contributed by atoms with Gasteiger partial charge in [-0.1, -0.05) is 12.8 Å². The lowest BCUT2D eigenvalue weighted by molar-refractivity contribution is -0.133. The zero-order valence-electron chi connectivity index (χ0n) is 7.17. The van der Waals surface area contributed by atoms with E-state index in [0.717, 1.165) is 12.8 Å². The number of nitrogens with one attached hydrogen (secondary N) is 1. The molecular weight excluding hydrogens is 180 g/mol.